The fourth-order valence-corrected chi connectivity index (χ4v) is 4.03. The minimum Gasteiger partial charge on any atom is -0.312 e. The standard InChI is InChI=1S/C18H27N5/c1-22-11-7-14(8-12-22)17-21-16-6-4-10-20-18(16)23(17)13-15-5-2-3-9-19-15/h4,6,10,14-15,19H,2-3,5,7-9,11-13H2,1H3. The smallest absolute Gasteiger partial charge is 0.160 e. The molecule has 124 valence electrons. The van der Waals surface area contributed by atoms with E-state index in [-0.39, 0.29) is 0 Å². The summed E-state index contributed by atoms with van der Waals surface area (Å²) in [5.74, 6) is 1.84. The van der Waals surface area contributed by atoms with E-state index in [4.69, 9.17) is 4.98 Å². The van der Waals surface area contributed by atoms with Crippen molar-refractivity contribution in [1.82, 2.24) is 24.8 Å². The van der Waals surface area contributed by atoms with Gasteiger partial charge in [-0.1, -0.05) is 6.42 Å². The first-order valence-electron chi connectivity index (χ1n) is 9.04. The molecule has 4 rings (SSSR count). The van der Waals surface area contributed by atoms with Crippen LogP contribution >= 0.6 is 0 Å². The summed E-state index contributed by atoms with van der Waals surface area (Å²) in [6, 6.07) is 4.66. The van der Waals surface area contributed by atoms with E-state index in [1.807, 2.05) is 12.3 Å². The summed E-state index contributed by atoms with van der Waals surface area (Å²) in [4.78, 5) is 12.0. The van der Waals surface area contributed by atoms with Crippen molar-refractivity contribution in [3.8, 4) is 0 Å². The van der Waals surface area contributed by atoms with E-state index in [9.17, 15) is 0 Å². The molecule has 0 spiro atoms. The Hall–Kier alpha value is -1.46. The highest BCUT2D eigenvalue weighted by Gasteiger charge is 2.26. The van der Waals surface area contributed by atoms with Gasteiger partial charge in [0.1, 0.15) is 11.3 Å². The number of imidazole rings is 1. The molecule has 0 amide bonds. The normalized spacial score (nSPS) is 24.3. The molecule has 1 N–H and O–H groups in total. The van der Waals surface area contributed by atoms with Gasteiger partial charge in [0.25, 0.3) is 0 Å². The molecule has 1 unspecified atom stereocenters. The molecule has 2 aliphatic heterocycles. The third kappa shape index (κ3) is 3.12. The first kappa shape index (κ1) is 15.1. The van der Waals surface area contributed by atoms with Gasteiger partial charge in [0.05, 0.1) is 0 Å². The maximum absolute atomic E-state index is 4.98. The van der Waals surface area contributed by atoms with Gasteiger partial charge in [-0.05, 0) is 64.5 Å². The molecule has 5 heteroatoms. The third-order valence-corrected chi connectivity index (χ3v) is 5.43. The van der Waals surface area contributed by atoms with E-state index < -0.39 is 0 Å². The Labute approximate surface area is 138 Å². The number of nitrogens with zero attached hydrogens (tertiary/aromatic N) is 4. The van der Waals surface area contributed by atoms with Gasteiger partial charge in [-0.15, -0.1) is 0 Å². The van der Waals surface area contributed by atoms with Crippen LogP contribution in [0.4, 0.5) is 0 Å². The van der Waals surface area contributed by atoms with Crippen LogP contribution in [0.15, 0.2) is 18.3 Å². The number of pyridine rings is 1. The lowest BCUT2D eigenvalue weighted by molar-refractivity contribution is 0.247. The average molecular weight is 313 g/mol. The van der Waals surface area contributed by atoms with Crippen molar-refractivity contribution in [2.24, 2.45) is 0 Å². The van der Waals surface area contributed by atoms with Crippen LogP contribution in [0.2, 0.25) is 0 Å². The minimum absolute atomic E-state index is 0.563. The molecule has 0 radical (unpaired) electrons. The summed E-state index contributed by atoms with van der Waals surface area (Å²) >= 11 is 0. The topological polar surface area (TPSA) is 46.0 Å². The highest BCUT2D eigenvalue weighted by atomic mass is 15.2. The van der Waals surface area contributed by atoms with Gasteiger partial charge < -0.3 is 14.8 Å². The summed E-state index contributed by atoms with van der Waals surface area (Å²) in [6.45, 7) is 4.50. The Balaban J connectivity index is 1.66. The van der Waals surface area contributed by atoms with Crippen LogP contribution in [-0.2, 0) is 6.54 Å². The monoisotopic (exact) mass is 313 g/mol. The van der Waals surface area contributed by atoms with E-state index >= 15 is 0 Å². The summed E-state index contributed by atoms with van der Waals surface area (Å²) in [6.07, 6.45) is 8.21. The van der Waals surface area contributed by atoms with Crippen LogP contribution in [0, 0.1) is 0 Å². The molecule has 0 aliphatic carbocycles. The lowest BCUT2D eigenvalue weighted by Crippen LogP contribution is -2.38. The molecule has 2 aromatic heterocycles. The number of rotatable bonds is 3. The zero-order valence-electron chi connectivity index (χ0n) is 14.0. The predicted molar refractivity (Wildman–Crippen MR) is 92.6 cm³/mol. The lowest BCUT2D eigenvalue weighted by atomic mass is 9.96. The Morgan fingerprint density at radius 2 is 2.09 bits per heavy atom. The molecule has 5 nitrogen and oxygen atoms in total. The van der Waals surface area contributed by atoms with Crippen molar-refractivity contribution in [2.75, 3.05) is 26.7 Å². The maximum Gasteiger partial charge on any atom is 0.160 e. The Morgan fingerprint density at radius 1 is 1.22 bits per heavy atom. The predicted octanol–water partition coefficient (Wildman–Crippen LogP) is 2.38. The van der Waals surface area contributed by atoms with E-state index in [1.54, 1.807) is 0 Å². The molecule has 0 saturated carbocycles. The molecule has 2 aliphatic rings. The molecule has 23 heavy (non-hydrogen) atoms. The molecule has 0 bridgehead atoms. The first-order valence-corrected chi connectivity index (χ1v) is 9.04. The van der Waals surface area contributed by atoms with Crippen molar-refractivity contribution in [3.05, 3.63) is 24.2 Å². The highest BCUT2D eigenvalue weighted by molar-refractivity contribution is 5.71. The van der Waals surface area contributed by atoms with Gasteiger partial charge in [0.2, 0.25) is 0 Å². The summed E-state index contributed by atoms with van der Waals surface area (Å²) < 4.78 is 2.41. The SMILES string of the molecule is CN1CCC(c2nc3cccnc3n2CC2CCCCN2)CC1. The highest BCUT2D eigenvalue weighted by Crippen LogP contribution is 2.29. The number of fused-ring (bicyclic) bond motifs is 1. The Morgan fingerprint density at radius 3 is 2.87 bits per heavy atom. The summed E-state index contributed by atoms with van der Waals surface area (Å²) in [5, 5.41) is 3.67. The fourth-order valence-electron chi connectivity index (χ4n) is 4.03. The van der Waals surface area contributed by atoms with Crippen molar-refractivity contribution in [2.45, 2.75) is 50.6 Å². The van der Waals surface area contributed by atoms with Gasteiger partial charge in [-0.2, -0.15) is 0 Å². The van der Waals surface area contributed by atoms with Gasteiger partial charge in [-0.3, -0.25) is 0 Å². The van der Waals surface area contributed by atoms with Crippen LogP contribution in [0.3, 0.4) is 0 Å². The number of aromatic nitrogens is 3. The van der Waals surface area contributed by atoms with E-state index in [1.165, 1.54) is 51.0 Å². The summed E-state index contributed by atoms with van der Waals surface area (Å²) in [7, 11) is 2.21. The first-order chi connectivity index (χ1) is 11.3. The molecule has 4 heterocycles. The minimum atomic E-state index is 0.563. The quantitative estimate of drug-likeness (QED) is 0.945. The molecule has 2 fully saturated rings. The molecule has 0 aromatic carbocycles. The number of likely N-dealkylation sites (tertiary alicyclic amines) is 1. The number of hydrogen-bond donors (Lipinski definition) is 1. The van der Waals surface area contributed by atoms with E-state index in [0.717, 1.165) is 24.3 Å². The zero-order valence-corrected chi connectivity index (χ0v) is 14.0. The van der Waals surface area contributed by atoms with Gasteiger partial charge in [-0.25, -0.2) is 9.97 Å². The molecular weight excluding hydrogens is 286 g/mol. The van der Waals surface area contributed by atoms with E-state index in [2.05, 4.69) is 32.9 Å². The van der Waals surface area contributed by atoms with Gasteiger partial charge in [0.15, 0.2) is 5.65 Å². The molecule has 2 aromatic rings. The zero-order chi connectivity index (χ0) is 15.6. The number of piperidine rings is 2. The fraction of sp³-hybridized carbons (Fsp3) is 0.667. The lowest BCUT2D eigenvalue weighted by Gasteiger charge is -2.30. The van der Waals surface area contributed by atoms with Gasteiger partial charge >= 0.3 is 0 Å². The second kappa shape index (κ2) is 6.57. The van der Waals surface area contributed by atoms with Crippen LogP contribution in [0.25, 0.3) is 11.2 Å². The van der Waals surface area contributed by atoms with Gasteiger partial charge in [0, 0.05) is 24.7 Å². The van der Waals surface area contributed by atoms with Crippen molar-refractivity contribution in [1.29, 1.82) is 0 Å². The van der Waals surface area contributed by atoms with E-state index in [0.29, 0.717) is 12.0 Å². The second-order valence-corrected chi connectivity index (χ2v) is 7.15. The number of nitrogens with one attached hydrogen (secondary N) is 1. The van der Waals surface area contributed by atoms with Crippen molar-refractivity contribution >= 4 is 11.2 Å². The average Bonchev–Trinajstić information content (AvgIpc) is 2.95. The van der Waals surface area contributed by atoms with Crippen molar-refractivity contribution < 1.29 is 0 Å². The Kier molecular flexibility index (Phi) is 4.31. The number of hydrogen-bond acceptors (Lipinski definition) is 4. The van der Waals surface area contributed by atoms with Crippen LogP contribution in [0.5, 0.6) is 0 Å². The van der Waals surface area contributed by atoms with Crippen LogP contribution < -0.4 is 5.32 Å². The third-order valence-electron chi connectivity index (χ3n) is 5.43. The Bertz CT molecular complexity index is 650. The molecule has 2 saturated heterocycles. The van der Waals surface area contributed by atoms with Crippen LogP contribution in [-0.4, -0.2) is 52.2 Å². The molecule has 1 atom stereocenters. The summed E-state index contributed by atoms with van der Waals surface area (Å²) in [5.41, 5.74) is 2.12. The largest absolute Gasteiger partial charge is 0.312 e. The van der Waals surface area contributed by atoms with Crippen molar-refractivity contribution in [3.63, 3.8) is 0 Å². The molecular formula is C18H27N5. The van der Waals surface area contributed by atoms with Crippen LogP contribution in [0.1, 0.15) is 43.8 Å². The maximum atomic E-state index is 4.98. The second-order valence-electron chi connectivity index (χ2n) is 7.15.